The minimum atomic E-state index is -0.311. The first kappa shape index (κ1) is 15.2. The second-order valence-corrected chi connectivity index (χ2v) is 5.27. The summed E-state index contributed by atoms with van der Waals surface area (Å²) in [6.07, 6.45) is 0.913. The molecule has 0 aromatic heterocycles. The molecule has 0 radical (unpaired) electrons. The number of rotatable bonds is 5. The van der Waals surface area contributed by atoms with Gasteiger partial charge in [-0.3, -0.25) is 4.79 Å². The summed E-state index contributed by atoms with van der Waals surface area (Å²) in [5.41, 5.74) is 1.62. The highest BCUT2D eigenvalue weighted by Crippen LogP contribution is 2.28. The molecule has 2 nitrogen and oxygen atoms in total. The molecule has 3 heteroatoms. The summed E-state index contributed by atoms with van der Waals surface area (Å²) < 4.78 is 12.9. The maximum Gasteiger partial charge on any atom is 0.232 e. The summed E-state index contributed by atoms with van der Waals surface area (Å²) in [5, 5.41) is 2.88. The molecule has 0 aliphatic rings. The third-order valence-electron chi connectivity index (χ3n) is 3.77. The lowest BCUT2D eigenvalue weighted by atomic mass is 9.85. The molecule has 0 aliphatic carbocycles. The van der Waals surface area contributed by atoms with Crippen LogP contribution in [0, 0.1) is 11.7 Å². The number of anilines is 1. The van der Waals surface area contributed by atoms with Gasteiger partial charge < -0.3 is 5.32 Å². The standard InChI is InChI=1S/C18H20FNO/c1-3-13(2)17(14-7-5-4-6-8-14)18(21)20-16-11-9-15(19)10-12-16/h4-13,17H,3H2,1-2H3,(H,20,21)/t13-,17+/m0/s1. The monoisotopic (exact) mass is 285 g/mol. The Morgan fingerprint density at radius 1 is 1.10 bits per heavy atom. The second kappa shape index (κ2) is 7.02. The van der Waals surface area contributed by atoms with Crippen LogP contribution in [0.1, 0.15) is 31.7 Å². The summed E-state index contributed by atoms with van der Waals surface area (Å²) in [6.45, 7) is 4.15. The first-order chi connectivity index (χ1) is 10.1. The minimum Gasteiger partial charge on any atom is -0.326 e. The zero-order valence-electron chi connectivity index (χ0n) is 12.3. The van der Waals surface area contributed by atoms with E-state index in [1.807, 2.05) is 30.3 Å². The lowest BCUT2D eigenvalue weighted by Gasteiger charge is -2.22. The highest BCUT2D eigenvalue weighted by molar-refractivity contribution is 5.96. The van der Waals surface area contributed by atoms with Crippen molar-refractivity contribution in [2.24, 2.45) is 5.92 Å². The Bertz CT molecular complexity index is 580. The Kier molecular flexibility index (Phi) is 5.09. The van der Waals surface area contributed by atoms with Gasteiger partial charge >= 0.3 is 0 Å². The number of carbonyl (C=O) groups is 1. The summed E-state index contributed by atoms with van der Waals surface area (Å²) in [4.78, 5) is 12.6. The first-order valence-electron chi connectivity index (χ1n) is 7.23. The highest BCUT2D eigenvalue weighted by atomic mass is 19.1. The van der Waals surface area contributed by atoms with Crippen molar-refractivity contribution in [2.75, 3.05) is 5.32 Å². The fourth-order valence-corrected chi connectivity index (χ4v) is 2.39. The Labute approximate surface area is 125 Å². The maximum atomic E-state index is 12.9. The van der Waals surface area contributed by atoms with E-state index in [9.17, 15) is 9.18 Å². The smallest absolute Gasteiger partial charge is 0.232 e. The maximum absolute atomic E-state index is 12.9. The second-order valence-electron chi connectivity index (χ2n) is 5.27. The predicted molar refractivity (Wildman–Crippen MR) is 83.7 cm³/mol. The molecule has 110 valence electrons. The van der Waals surface area contributed by atoms with E-state index in [0.717, 1.165) is 12.0 Å². The largest absolute Gasteiger partial charge is 0.326 e. The Morgan fingerprint density at radius 2 is 1.71 bits per heavy atom. The Balaban J connectivity index is 2.20. The van der Waals surface area contributed by atoms with Crippen molar-refractivity contribution < 1.29 is 9.18 Å². The molecule has 1 N–H and O–H groups in total. The van der Waals surface area contributed by atoms with Gasteiger partial charge in [0.15, 0.2) is 0 Å². The van der Waals surface area contributed by atoms with Crippen LogP contribution in [0.25, 0.3) is 0 Å². The molecular weight excluding hydrogens is 265 g/mol. The fraction of sp³-hybridized carbons (Fsp3) is 0.278. The van der Waals surface area contributed by atoms with Crippen LogP contribution in [0.4, 0.5) is 10.1 Å². The van der Waals surface area contributed by atoms with Crippen molar-refractivity contribution in [1.29, 1.82) is 0 Å². The van der Waals surface area contributed by atoms with Gasteiger partial charge in [-0.25, -0.2) is 4.39 Å². The zero-order chi connectivity index (χ0) is 15.2. The zero-order valence-corrected chi connectivity index (χ0v) is 12.3. The van der Waals surface area contributed by atoms with Crippen molar-refractivity contribution in [1.82, 2.24) is 0 Å². The van der Waals surface area contributed by atoms with E-state index in [4.69, 9.17) is 0 Å². The van der Waals surface area contributed by atoms with E-state index in [2.05, 4.69) is 19.2 Å². The van der Waals surface area contributed by atoms with Crippen LogP contribution in [0.15, 0.2) is 54.6 Å². The molecule has 2 aromatic rings. The van der Waals surface area contributed by atoms with Gasteiger partial charge in [-0.2, -0.15) is 0 Å². The van der Waals surface area contributed by atoms with Crippen LogP contribution >= 0.6 is 0 Å². The number of halogens is 1. The molecule has 0 aliphatic heterocycles. The molecule has 21 heavy (non-hydrogen) atoms. The molecule has 2 rings (SSSR count). The van der Waals surface area contributed by atoms with E-state index in [0.29, 0.717) is 5.69 Å². The van der Waals surface area contributed by atoms with Gasteiger partial charge in [0.25, 0.3) is 0 Å². The van der Waals surface area contributed by atoms with Gasteiger partial charge in [0.05, 0.1) is 5.92 Å². The number of carbonyl (C=O) groups excluding carboxylic acids is 1. The number of nitrogens with one attached hydrogen (secondary N) is 1. The average Bonchev–Trinajstić information content (AvgIpc) is 2.50. The molecule has 2 aromatic carbocycles. The minimum absolute atomic E-state index is 0.0536. The van der Waals surface area contributed by atoms with Crippen LogP contribution in [-0.2, 0) is 4.79 Å². The van der Waals surface area contributed by atoms with E-state index in [1.54, 1.807) is 12.1 Å². The topological polar surface area (TPSA) is 29.1 Å². The van der Waals surface area contributed by atoms with E-state index >= 15 is 0 Å². The fourth-order valence-electron chi connectivity index (χ4n) is 2.39. The van der Waals surface area contributed by atoms with Crippen molar-refractivity contribution in [3.63, 3.8) is 0 Å². The van der Waals surface area contributed by atoms with Gasteiger partial charge in [0, 0.05) is 5.69 Å². The van der Waals surface area contributed by atoms with Gasteiger partial charge in [0.2, 0.25) is 5.91 Å². The van der Waals surface area contributed by atoms with Crippen molar-refractivity contribution in [3.05, 3.63) is 66.0 Å². The molecule has 2 atom stereocenters. The van der Waals surface area contributed by atoms with Crippen LogP contribution in [0.2, 0.25) is 0 Å². The van der Waals surface area contributed by atoms with Crippen molar-refractivity contribution in [3.8, 4) is 0 Å². The van der Waals surface area contributed by atoms with Crippen LogP contribution in [-0.4, -0.2) is 5.91 Å². The van der Waals surface area contributed by atoms with Crippen LogP contribution in [0.3, 0.4) is 0 Å². The van der Waals surface area contributed by atoms with E-state index in [1.165, 1.54) is 12.1 Å². The van der Waals surface area contributed by atoms with E-state index < -0.39 is 0 Å². The normalized spacial score (nSPS) is 13.5. The van der Waals surface area contributed by atoms with Gasteiger partial charge in [0.1, 0.15) is 5.82 Å². The molecule has 0 saturated carbocycles. The van der Waals surface area contributed by atoms with Gasteiger partial charge in [-0.15, -0.1) is 0 Å². The van der Waals surface area contributed by atoms with E-state index in [-0.39, 0.29) is 23.6 Å². The number of hydrogen-bond acceptors (Lipinski definition) is 1. The molecule has 0 unspecified atom stereocenters. The average molecular weight is 285 g/mol. The molecule has 0 bridgehead atoms. The van der Waals surface area contributed by atoms with Gasteiger partial charge in [-0.1, -0.05) is 50.6 Å². The summed E-state index contributed by atoms with van der Waals surface area (Å²) in [5.74, 6) is -0.342. The SMILES string of the molecule is CC[C@H](C)[C@@H](C(=O)Nc1ccc(F)cc1)c1ccccc1. The van der Waals surface area contributed by atoms with Crippen LogP contribution in [0.5, 0.6) is 0 Å². The van der Waals surface area contributed by atoms with Crippen LogP contribution < -0.4 is 5.32 Å². The third-order valence-corrected chi connectivity index (χ3v) is 3.77. The van der Waals surface area contributed by atoms with Gasteiger partial charge in [-0.05, 0) is 35.7 Å². The lowest BCUT2D eigenvalue weighted by Crippen LogP contribution is -2.26. The molecule has 1 amide bonds. The number of benzene rings is 2. The molecular formula is C18H20FNO. The Morgan fingerprint density at radius 3 is 2.29 bits per heavy atom. The molecule has 0 fully saturated rings. The molecule has 0 saturated heterocycles. The van der Waals surface area contributed by atoms with Crippen molar-refractivity contribution >= 4 is 11.6 Å². The summed E-state index contributed by atoms with van der Waals surface area (Å²) >= 11 is 0. The molecule has 0 heterocycles. The van der Waals surface area contributed by atoms with Crippen molar-refractivity contribution in [2.45, 2.75) is 26.2 Å². The summed E-state index contributed by atoms with van der Waals surface area (Å²) in [6, 6.07) is 15.6. The third kappa shape index (κ3) is 3.91. The lowest BCUT2D eigenvalue weighted by molar-refractivity contribution is -0.118. The summed E-state index contributed by atoms with van der Waals surface area (Å²) in [7, 11) is 0. The molecule has 0 spiro atoms. The number of amides is 1. The highest BCUT2D eigenvalue weighted by Gasteiger charge is 2.25. The predicted octanol–water partition coefficient (Wildman–Crippen LogP) is 4.59. The Hall–Kier alpha value is -2.16. The number of hydrogen-bond donors (Lipinski definition) is 1. The quantitative estimate of drug-likeness (QED) is 0.855. The first-order valence-corrected chi connectivity index (χ1v) is 7.23.